The second-order valence-corrected chi connectivity index (χ2v) is 6.98. The van der Waals surface area contributed by atoms with Crippen molar-refractivity contribution in [3.05, 3.63) is 0 Å². The third-order valence-electron chi connectivity index (χ3n) is 2.71. The Kier molecular flexibility index (Phi) is 6.16. The molecule has 3 heteroatoms. The van der Waals surface area contributed by atoms with Crippen molar-refractivity contribution < 1.29 is 4.74 Å². The van der Waals surface area contributed by atoms with E-state index in [-0.39, 0.29) is 5.54 Å². The van der Waals surface area contributed by atoms with Crippen LogP contribution >= 0.6 is 11.8 Å². The molecule has 1 N–H and O–H groups in total. The Balaban J connectivity index is 1.99. The summed E-state index contributed by atoms with van der Waals surface area (Å²) in [5.41, 5.74) is 0.244. The van der Waals surface area contributed by atoms with E-state index < -0.39 is 0 Å². The lowest BCUT2D eigenvalue weighted by Crippen LogP contribution is -2.39. The molecule has 1 rings (SSSR count). The minimum Gasteiger partial charge on any atom is -0.377 e. The normalized spacial score (nSPS) is 23.6. The summed E-state index contributed by atoms with van der Waals surface area (Å²) >= 11 is 2.04. The van der Waals surface area contributed by atoms with Gasteiger partial charge < -0.3 is 10.1 Å². The van der Waals surface area contributed by atoms with E-state index in [4.69, 9.17) is 4.74 Å². The Morgan fingerprint density at radius 3 is 2.75 bits per heavy atom. The van der Waals surface area contributed by atoms with Crippen LogP contribution in [0, 0.1) is 5.92 Å². The molecule has 0 spiro atoms. The van der Waals surface area contributed by atoms with E-state index in [0.29, 0.717) is 6.10 Å². The van der Waals surface area contributed by atoms with Gasteiger partial charge in [-0.25, -0.2) is 0 Å². The number of rotatable bonds is 6. The average Bonchev–Trinajstić information content (AvgIpc) is 2.66. The lowest BCUT2D eigenvalue weighted by atomic mass is 10.1. The van der Waals surface area contributed by atoms with Gasteiger partial charge in [0.1, 0.15) is 0 Å². The van der Waals surface area contributed by atoms with Gasteiger partial charge in [0.05, 0.1) is 6.10 Å². The molecule has 0 radical (unpaired) electrons. The number of nitrogens with one attached hydrogen (secondary N) is 1. The molecule has 1 aliphatic rings. The smallest absolute Gasteiger partial charge is 0.0666 e. The van der Waals surface area contributed by atoms with E-state index in [1.165, 1.54) is 24.3 Å². The summed E-state index contributed by atoms with van der Waals surface area (Å²) in [5, 5.41) is 3.56. The van der Waals surface area contributed by atoms with Gasteiger partial charge in [0.2, 0.25) is 0 Å². The molecule has 0 aromatic carbocycles. The zero-order valence-electron chi connectivity index (χ0n) is 11.2. The number of hydrogen-bond donors (Lipinski definition) is 1. The standard InChI is InChI=1S/C13H27NOS/c1-11(8-14-13(2,3)4)9-16-10-12-6-5-7-15-12/h11-12,14H,5-10H2,1-4H3. The van der Waals surface area contributed by atoms with Gasteiger partial charge in [-0.15, -0.1) is 0 Å². The van der Waals surface area contributed by atoms with Crippen LogP contribution in [0.1, 0.15) is 40.5 Å². The quantitative estimate of drug-likeness (QED) is 0.777. The van der Waals surface area contributed by atoms with Crippen molar-refractivity contribution in [2.75, 3.05) is 24.7 Å². The highest BCUT2D eigenvalue weighted by atomic mass is 32.2. The molecule has 0 amide bonds. The summed E-state index contributed by atoms with van der Waals surface area (Å²) in [4.78, 5) is 0. The maximum Gasteiger partial charge on any atom is 0.0666 e. The van der Waals surface area contributed by atoms with Crippen molar-refractivity contribution in [1.82, 2.24) is 5.32 Å². The third-order valence-corrected chi connectivity index (χ3v) is 4.12. The summed E-state index contributed by atoms with van der Waals surface area (Å²) in [6.45, 7) is 11.1. The van der Waals surface area contributed by atoms with Crippen LogP contribution in [0.4, 0.5) is 0 Å². The van der Waals surface area contributed by atoms with E-state index in [9.17, 15) is 0 Å². The zero-order chi connectivity index (χ0) is 12.0. The first-order chi connectivity index (χ1) is 7.47. The van der Waals surface area contributed by atoms with Crippen LogP contribution in [-0.2, 0) is 4.74 Å². The molecule has 0 aliphatic carbocycles. The highest BCUT2D eigenvalue weighted by Gasteiger charge is 2.16. The summed E-state index contributed by atoms with van der Waals surface area (Å²) < 4.78 is 5.61. The van der Waals surface area contributed by atoms with E-state index in [1.807, 2.05) is 11.8 Å². The topological polar surface area (TPSA) is 21.3 Å². The zero-order valence-corrected chi connectivity index (χ0v) is 12.0. The Labute approximate surface area is 105 Å². The minimum atomic E-state index is 0.244. The van der Waals surface area contributed by atoms with Crippen molar-refractivity contribution in [2.24, 2.45) is 5.92 Å². The van der Waals surface area contributed by atoms with Crippen molar-refractivity contribution >= 4 is 11.8 Å². The van der Waals surface area contributed by atoms with Gasteiger partial charge in [-0.1, -0.05) is 6.92 Å². The fourth-order valence-electron chi connectivity index (χ4n) is 1.72. The van der Waals surface area contributed by atoms with E-state index >= 15 is 0 Å². The predicted octanol–water partition coefficient (Wildman–Crippen LogP) is 2.92. The molecule has 96 valence electrons. The SMILES string of the molecule is CC(CNC(C)(C)C)CSCC1CCCO1. The fourth-order valence-corrected chi connectivity index (χ4v) is 2.90. The second kappa shape index (κ2) is 6.87. The van der Waals surface area contributed by atoms with Gasteiger partial charge in [0, 0.05) is 17.9 Å². The molecule has 2 unspecified atom stereocenters. The molecular formula is C13H27NOS. The molecule has 0 saturated carbocycles. The van der Waals surface area contributed by atoms with Crippen molar-refractivity contribution in [1.29, 1.82) is 0 Å². The Morgan fingerprint density at radius 2 is 2.19 bits per heavy atom. The number of thioether (sulfide) groups is 1. The van der Waals surface area contributed by atoms with Gasteiger partial charge in [-0.2, -0.15) is 11.8 Å². The van der Waals surface area contributed by atoms with E-state index in [2.05, 4.69) is 33.0 Å². The van der Waals surface area contributed by atoms with E-state index in [0.717, 1.165) is 19.1 Å². The molecule has 0 bridgehead atoms. The summed E-state index contributed by atoms with van der Waals surface area (Å²) in [6.07, 6.45) is 3.06. The average molecular weight is 245 g/mol. The fraction of sp³-hybridized carbons (Fsp3) is 1.00. The van der Waals surface area contributed by atoms with Gasteiger partial charge in [-0.3, -0.25) is 0 Å². The van der Waals surface area contributed by atoms with Crippen LogP contribution in [-0.4, -0.2) is 36.3 Å². The first-order valence-corrected chi connectivity index (χ1v) is 7.57. The Morgan fingerprint density at radius 1 is 1.44 bits per heavy atom. The Bertz CT molecular complexity index is 185. The van der Waals surface area contributed by atoms with Crippen molar-refractivity contribution in [3.8, 4) is 0 Å². The highest BCUT2D eigenvalue weighted by molar-refractivity contribution is 7.99. The highest BCUT2D eigenvalue weighted by Crippen LogP contribution is 2.18. The van der Waals surface area contributed by atoms with Gasteiger partial charge in [0.25, 0.3) is 0 Å². The molecule has 1 fully saturated rings. The lowest BCUT2D eigenvalue weighted by Gasteiger charge is -2.23. The maximum atomic E-state index is 5.61. The summed E-state index contributed by atoms with van der Waals surface area (Å²) in [5.74, 6) is 3.16. The molecule has 1 heterocycles. The first-order valence-electron chi connectivity index (χ1n) is 6.42. The van der Waals surface area contributed by atoms with Crippen molar-refractivity contribution in [3.63, 3.8) is 0 Å². The Hall–Kier alpha value is 0.270. The molecule has 1 aliphatic heterocycles. The number of hydrogen-bond acceptors (Lipinski definition) is 3. The van der Waals surface area contributed by atoms with Crippen LogP contribution in [0.5, 0.6) is 0 Å². The third kappa shape index (κ3) is 6.77. The van der Waals surface area contributed by atoms with Crippen LogP contribution in [0.25, 0.3) is 0 Å². The van der Waals surface area contributed by atoms with Gasteiger partial charge in [0.15, 0.2) is 0 Å². The van der Waals surface area contributed by atoms with Crippen LogP contribution < -0.4 is 5.32 Å². The number of ether oxygens (including phenoxy) is 1. The lowest BCUT2D eigenvalue weighted by molar-refractivity contribution is 0.129. The molecular weight excluding hydrogens is 218 g/mol. The largest absolute Gasteiger partial charge is 0.377 e. The van der Waals surface area contributed by atoms with Gasteiger partial charge >= 0.3 is 0 Å². The summed E-state index contributed by atoms with van der Waals surface area (Å²) in [7, 11) is 0. The predicted molar refractivity (Wildman–Crippen MR) is 73.2 cm³/mol. The van der Waals surface area contributed by atoms with Crippen LogP contribution in [0.3, 0.4) is 0 Å². The van der Waals surface area contributed by atoms with Gasteiger partial charge in [-0.05, 0) is 51.8 Å². The first kappa shape index (κ1) is 14.3. The summed E-state index contributed by atoms with van der Waals surface area (Å²) in [6, 6.07) is 0. The molecule has 0 aromatic heterocycles. The molecule has 0 aromatic rings. The second-order valence-electron chi connectivity index (χ2n) is 5.91. The minimum absolute atomic E-state index is 0.244. The molecule has 2 nitrogen and oxygen atoms in total. The van der Waals surface area contributed by atoms with Crippen LogP contribution in [0.2, 0.25) is 0 Å². The van der Waals surface area contributed by atoms with Crippen molar-refractivity contribution in [2.45, 2.75) is 52.2 Å². The molecule has 1 saturated heterocycles. The maximum absolute atomic E-state index is 5.61. The molecule has 2 atom stereocenters. The molecule has 16 heavy (non-hydrogen) atoms. The van der Waals surface area contributed by atoms with E-state index in [1.54, 1.807) is 0 Å². The van der Waals surface area contributed by atoms with Crippen LogP contribution in [0.15, 0.2) is 0 Å². The monoisotopic (exact) mass is 245 g/mol.